The molecule has 122 valence electrons. The van der Waals surface area contributed by atoms with Crippen molar-refractivity contribution in [2.24, 2.45) is 10.2 Å². The van der Waals surface area contributed by atoms with E-state index >= 15 is 0 Å². The quantitative estimate of drug-likeness (QED) is 0.550. The van der Waals surface area contributed by atoms with Crippen molar-refractivity contribution < 1.29 is 4.79 Å². The van der Waals surface area contributed by atoms with E-state index in [1.165, 1.54) is 0 Å². The van der Waals surface area contributed by atoms with Crippen LogP contribution in [0.4, 0.5) is 0 Å². The van der Waals surface area contributed by atoms with E-state index in [-0.39, 0.29) is 5.70 Å². The molecule has 0 radical (unpaired) electrons. The van der Waals surface area contributed by atoms with E-state index in [1.807, 2.05) is 12.1 Å². The first-order valence-electron chi connectivity index (χ1n) is 6.92. The van der Waals surface area contributed by atoms with Crippen molar-refractivity contribution in [1.29, 1.82) is 0 Å². The van der Waals surface area contributed by atoms with Crippen LogP contribution < -0.4 is 0 Å². The molecule has 0 spiro atoms. The number of carbonyl (C=O) groups excluding carboxylic acids is 1. The molecule has 0 bridgehead atoms. The number of hydrogen-bond acceptors (Lipinski definition) is 3. The number of allylic oxidation sites excluding steroid dienone is 1. The minimum Gasteiger partial charge on any atom is -0.274 e. The monoisotopic (exact) mass is 398 g/mol. The average molecular weight is 400 g/mol. The Morgan fingerprint density at radius 3 is 2.17 bits per heavy atom. The van der Waals surface area contributed by atoms with Gasteiger partial charge in [-0.05, 0) is 53.9 Å². The normalized spacial score (nSPS) is 19.9. The van der Waals surface area contributed by atoms with Crippen LogP contribution in [0.1, 0.15) is 18.1 Å². The molecule has 0 saturated heterocycles. The Morgan fingerprint density at radius 2 is 1.62 bits per heavy atom. The standard InChI is InChI=1S/C17H10Cl4N2O/c1-9-15(16(21)24)22-23-17(9,10-2-4-11(18)5-3-10)13-7-6-12(19)8-14(13)20/h2-8H,1H3. The topological polar surface area (TPSA) is 41.8 Å². The molecule has 1 atom stereocenters. The van der Waals surface area contributed by atoms with Crippen LogP contribution in [0.15, 0.2) is 64.0 Å². The Labute approximate surface area is 158 Å². The van der Waals surface area contributed by atoms with Crippen molar-refractivity contribution in [3.05, 3.63) is 79.9 Å². The number of hydrogen-bond donors (Lipinski definition) is 0. The molecule has 3 nitrogen and oxygen atoms in total. The Kier molecular flexibility index (Phi) is 4.71. The lowest BCUT2D eigenvalue weighted by atomic mass is 9.78. The van der Waals surface area contributed by atoms with Gasteiger partial charge < -0.3 is 0 Å². The molecule has 0 fully saturated rings. The number of carbonyl (C=O) groups is 1. The fraction of sp³-hybridized carbons (Fsp3) is 0.118. The van der Waals surface area contributed by atoms with Gasteiger partial charge in [0.05, 0.1) is 0 Å². The summed E-state index contributed by atoms with van der Waals surface area (Å²) in [4.78, 5) is 11.7. The maximum atomic E-state index is 11.7. The molecule has 1 aliphatic heterocycles. The van der Waals surface area contributed by atoms with Gasteiger partial charge in [-0.25, -0.2) is 0 Å². The van der Waals surface area contributed by atoms with Crippen LogP contribution >= 0.6 is 46.4 Å². The van der Waals surface area contributed by atoms with E-state index in [0.717, 1.165) is 5.56 Å². The van der Waals surface area contributed by atoms with Crippen LogP contribution in [-0.4, -0.2) is 5.24 Å². The maximum Gasteiger partial charge on any atom is 0.272 e. The first-order chi connectivity index (χ1) is 11.4. The molecule has 0 aliphatic carbocycles. The maximum absolute atomic E-state index is 11.7. The molecule has 0 amide bonds. The average Bonchev–Trinajstić information content (AvgIpc) is 2.86. The van der Waals surface area contributed by atoms with Crippen LogP contribution in [0.2, 0.25) is 15.1 Å². The molecule has 0 aromatic heterocycles. The molecule has 1 unspecified atom stereocenters. The van der Waals surface area contributed by atoms with E-state index in [4.69, 9.17) is 46.4 Å². The summed E-state index contributed by atoms with van der Waals surface area (Å²) in [6.07, 6.45) is 0. The first kappa shape index (κ1) is 17.4. The highest BCUT2D eigenvalue weighted by molar-refractivity contribution is 6.67. The molecular formula is C17H10Cl4N2O. The van der Waals surface area contributed by atoms with E-state index in [1.54, 1.807) is 37.3 Å². The fourth-order valence-electron chi connectivity index (χ4n) is 2.79. The summed E-state index contributed by atoms with van der Waals surface area (Å²) < 4.78 is 0. The Balaban J connectivity index is 2.33. The van der Waals surface area contributed by atoms with Gasteiger partial charge in [-0.2, -0.15) is 5.11 Å². The van der Waals surface area contributed by atoms with Gasteiger partial charge in [0.25, 0.3) is 5.24 Å². The van der Waals surface area contributed by atoms with Crippen LogP contribution in [0, 0.1) is 0 Å². The molecule has 2 aromatic carbocycles. The van der Waals surface area contributed by atoms with Crippen molar-refractivity contribution in [2.45, 2.75) is 12.5 Å². The van der Waals surface area contributed by atoms with E-state index < -0.39 is 10.8 Å². The van der Waals surface area contributed by atoms with Crippen LogP contribution in [0.25, 0.3) is 0 Å². The number of nitrogens with zero attached hydrogens (tertiary/aromatic N) is 2. The minimum atomic E-state index is -1.05. The fourth-order valence-corrected chi connectivity index (χ4v) is 3.64. The zero-order valence-corrected chi connectivity index (χ0v) is 15.4. The molecule has 1 heterocycles. The van der Waals surface area contributed by atoms with E-state index in [0.29, 0.717) is 26.2 Å². The second kappa shape index (κ2) is 6.49. The summed E-state index contributed by atoms with van der Waals surface area (Å²) in [6.45, 7) is 1.76. The molecule has 3 rings (SSSR count). The predicted molar refractivity (Wildman–Crippen MR) is 97.1 cm³/mol. The molecule has 0 saturated carbocycles. The SMILES string of the molecule is CC1=C(C(=O)Cl)N=NC1(c1ccc(Cl)cc1)c1ccc(Cl)cc1Cl. The highest BCUT2D eigenvalue weighted by Gasteiger charge is 2.44. The number of benzene rings is 2. The zero-order chi connectivity index (χ0) is 17.5. The van der Waals surface area contributed by atoms with Crippen LogP contribution in [-0.2, 0) is 10.3 Å². The summed E-state index contributed by atoms with van der Waals surface area (Å²) in [5.41, 5.74) is 1.08. The third-order valence-electron chi connectivity index (χ3n) is 3.97. The van der Waals surface area contributed by atoms with E-state index in [2.05, 4.69) is 10.2 Å². The summed E-state index contributed by atoms with van der Waals surface area (Å²) in [5.74, 6) is 0. The summed E-state index contributed by atoms with van der Waals surface area (Å²) in [5, 5.41) is 9.22. The molecule has 0 N–H and O–H groups in total. The Morgan fingerprint density at radius 1 is 1.00 bits per heavy atom. The van der Waals surface area contributed by atoms with Gasteiger partial charge in [-0.1, -0.05) is 53.0 Å². The highest BCUT2D eigenvalue weighted by Crippen LogP contribution is 2.49. The zero-order valence-electron chi connectivity index (χ0n) is 12.4. The largest absolute Gasteiger partial charge is 0.274 e. The van der Waals surface area contributed by atoms with Gasteiger partial charge >= 0.3 is 0 Å². The summed E-state index contributed by atoms with van der Waals surface area (Å²) >= 11 is 24.1. The van der Waals surface area contributed by atoms with Crippen LogP contribution in [0.3, 0.4) is 0 Å². The van der Waals surface area contributed by atoms with Gasteiger partial charge in [0.1, 0.15) is 5.70 Å². The Bertz CT molecular complexity index is 890. The molecule has 24 heavy (non-hydrogen) atoms. The second-order valence-electron chi connectivity index (χ2n) is 5.29. The molecular weight excluding hydrogens is 390 g/mol. The highest BCUT2D eigenvalue weighted by atomic mass is 35.5. The van der Waals surface area contributed by atoms with Crippen LogP contribution in [0.5, 0.6) is 0 Å². The lowest BCUT2D eigenvalue weighted by molar-refractivity contribution is -0.108. The van der Waals surface area contributed by atoms with Crippen molar-refractivity contribution in [2.75, 3.05) is 0 Å². The second-order valence-corrected chi connectivity index (χ2v) is 6.91. The summed E-state index contributed by atoms with van der Waals surface area (Å²) in [6, 6.07) is 12.2. The first-order valence-corrected chi connectivity index (χ1v) is 8.43. The molecule has 1 aliphatic rings. The molecule has 7 heteroatoms. The minimum absolute atomic E-state index is 0.109. The number of rotatable bonds is 3. The third kappa shape index (κ3) is 2.76. The number of halogens is 4. The lowest BCUT2D eigenvalue weighted by Gasteiger charge is -2.29. The smallest absolute Gasteiger partial charge is 0.272 e. The van der Waals surface area contributed by atoms with Gasteiger partial charge in [0.2, 0.25) is 0 Å². The van der Waals surface area contributed by atoms with Crippen molar-refractivity contribution in [1.82, 2.24) is 0 Å². The van der Waals surface area contributed by atoms with E-state index in [9.17, 15) is 4.79 Å². The summed E-state index contributed by atoms with van der Waals surface area (Å²) in [7, 11) is 0. The lowest BCUT2D eigenvalue weighted by Crippen LogP contribution is -2.26. The predicted octanol–water partition coefficient (Wildman–Crippen LogP) is 6.40. The van der Waals surface area contributed by atoms with Gasteiger partial charge in [0.15, 0.2) is 5.54 Å². The number of azo groups is 1. The molecule has 2 aromatic rings. The van der Waals surface area contributed by atoms with Gasteiger partial charge in [-0.15, -0.1) is 5.11 Å². The van der Waals surface area contributed by atoms with Crippen molar-refractivity contribution in [3.8, 4) is 0 Å². The van der Waals surface area contributed by atoms with Gasteiger partial charge in [-0.3, -0.25) is 4.79 Å². The van der Waals surface area contributed by atoms with Crippen molar-refractivity contribution in [3.63, 3.8) is 0 Å². The van der Waals surface area contributed by atoms with Gasteiger partial charge in [0, 0.05) is 20.6 Å². The third-order valence-corrected chi connectivity index (χ3v) is 4.95. The Hall–Kier alpha value is -1.39. The van der Waals surface area contributed by atoms with Crippen molar-refractivity contribution >= 4 is 51.6 Å².